The van der Waals surface area contributed by atoms with Crippen molar-refractivity contribution in [3.05, 3.63) is 29.3 Å². The van der Waals surface area contributed by atoms with Crippen LogP contribution >= 0.6 is 0 Å². The molecule has 1 aromatic carbocycles. The Morgan fingerprint density at radius 3 is 2.36 bits per heavy atom. The van der Waals surface area contributed by atoms with Crippen LogP contribution in [-0.4, -0.2) is 21.2 Å². The number of methoxy groups -OCH3 is 1. The van der Waals surface area contributed by atoms with Crippen LogP contribution in [0.4, 0.5) is 0 Å². The SMILES string of the molecule is CNC(NC)c1cc(C)ccc1OC. The summed E-state index contributed by atoms with van der Waals surface area (Å²) >= 11 is 0. The first kappa shape index (κ1) is 11.0. The fourth-order valence-corrected chi connectivity index (χ4v) is 1.53. The van der Waals surface area contributed by atoms with Crippen molar-refractivity contribution in [1.82, 2.24) is 10.6 Å². The second-order valence-electron chi connectivity index (χ2n) is 3.26. The highest BCUT2D eigenvalue weighted by atomic mass is 16.5. The van der Waals surface area contributed by atoms with E-state index in [-0.39, 0.29) is 6.17 Å². The number of aryl methyl sites for hydroxylation is 1. The molecular weight excluding hydrogens is 176 g/mol. The topological polar surface area (TPSA) is 33.3 Å². The second kappa shape index (κ2) is 4.98. The Labute approximate surface area is 85.5 Å². The van der Waals surface area contributed by atoms with Crippen LogP contribution < -0.4 is 15.4 Å². The lowest BCUT2D eigenvalue weighted by Gasteiger charge is -2.19. The van der Waals surface area contributed by atoms with E-state index in [1.807, 2.05) is 26.2 Å². The summed E-state index contributed by atoms with van der Waals surface area (Å²) in [7, 11) is 5.53. The maximum absolute atomic E-state index is 5.30. The number of rotatable bonds is 4. The monoisotopic (exact) mass is 194 g/mol. The van der Waals surface area contributed by atoms with Gasteiger partial charge in [-0.15, -0.1) is 0 Å². The molecule has 0 aliphatic heterocycles. The zero-order chi connectivity index (χ0) is 10.6. The summed E-state index contributed by atoms with van der Waals surface area (Å²) in [6.45, 7) is 2.07. The maximum atomic E-state index is 5.30. The minimum atomic E-state index is 0.129. The van der Waals surface area contributed by atoms with Crippen LogP contribution in [0.15, 0.2) is 18.2 Å². The molecule has 3 heteroatoms. The highest BCUT2D eigenvalue weighted by molar-refractivity contribution is 5.38. The molecule has 14 heavy (non-hydrogen) atoms. The summed E-state index contributed by atoms with van der Waals surface area (Å²) in [4.78, 5) is 0. The predicted octanol–water partition coefficient (Wildman–Crippen LogP) is 1.44. The highest BCUT2D eigenvalue weighted by Crippen LogP contribution is 2.24. The summed E-state index contributed by atoms with van der Waals surface area (Å²) in [6.07, 6.45) is 0.129. The fraction of sp³-hybridized carbons (Fsp3) is 0.455. The predicted molar refractivity (Wildman–Crippen MR) is 58.6 cm³/mol. The molecule has 0 saturated heterocycles. The smallest absolute Gasteiger partial charge is 0.124 e. The second-order valence-corrected chi connectivity index (χ2v) is 3.26. The molecule has 0 radical (unpaired) electrons. The minimum Gasteiger partial charge on any atom is -0.496 e. The molecular formula is C11H18N2O. The Balaban J connectivity index is 3.08. The van der Waals surface area contributed by atoms with Gasteiger partial charge in [0.05, 0.1) is 13.3 Å². The molecule has 0 saturated carbocycles. The number of hydrogen-bond acceptors (Lipinski definition) is 3. The molecule has 0 bridgehead atoms. The Bertz CT molecular complexity index is 295. The highest BCUT2D eigenvalue weighted by Gasteiger charge is 2.11. The van der Waals surface area contributed by atoms with Crippen molar-refractivity contribution in [2.24, 2.45) is 0 Å². The van der Waals surface area contributed by atoms with E-state index < -0.39 is 0 Å². The molecule has 2 N–H and O–H groups in total. The van der Waals surface area contributed by atoms with Crippen LogP contribution in [0, 0.1) is 6.92 Å². The number of benzene rings is 1. The molecule has 0 aliphatic rings. The summed E-state index contributed by atoms with van der Waals surface area (Å²) < 4.78 is 5.30. The molecule has 0 spiro atoms. The first-order valence-corrected chi connectivity index (χ1v) is 4.72. The first-order chi connectivity index (χ1) is 6.72. The van der Waals surface area contributed by atoms with Gasteiger partial charge < -0.3 is 15.4 Å². The van der Waals surface area contributed by atoms with Crippen molar-refractivity contribution in [3.8, 4) is 5.75 Å². The molecule has 0 heterocycles. The zero-order valence-corrected chi connectivity index (χ0v) is 9.22. The molecule has 0 amide bonds. The van der Waals surface area contributed by atoms with Gasteiger partial charge in [-0.1, -0.05) is 11.6 Å². The van der Waals surface area contributed by atoms with Gasteiger partial charge in [-0.2, -0.15) is 0 Å². The van der Waals surface area contributed by atoms with E-state index in [0.717, 1.165) is 11.3 Å². The van der Waals surface area contributed by atoms with Crippen LogP contribution in [0.5, 0.6) is 5.75 Å². The van der Waals surface area contributed by atoms with Crippen molar-refractivity contribution in [2.45, 2.75) is 13.1 Å². The summed E-state index contributed by atoms with van der Waals surface area (Å²) in [6, 6.07) is 6.16. The molecule has 1 aromatic rings. The van der Waals surface area contributed by atoms with Gasteiger partial charge >= 0.3 is 0 Å². The van der Waals surface area contributed by atoms with Gasteiger partial charge in [0.2, 0.25) is 0 Å². The lowest BCUT2D eigenvalue weighted by atomic mass is 10.1. The Hall–Kier alpha value is -1.06. The van der Waals surface area contributed by atoms with Crippen LogP contribution in [-0.2, 0) is 0 Å². The fourth-order valence-electron chi connectivity index (χ4n) is 1.53. The molecule has 0 fully saturated rings. The van der Waals surface area contributed by atoms with Crippen molar-refractivity contribution in [3.63, 3.8) is 0 Å². The lowest BCUT2D eigenvalue weighted by molar-refractivity contribution is 0.395. The summed E-state index contributed by atoms with van der Waals surface area (Å²) in [5.41, 5.74) is 2.37. The molecule has 3 nitrogen and oxygen atoms in total. The van der Waals surface area contributed by atoms with Gasteiger partial charge in [0.25, 0.3) is 0 Å². The first-order valence-electron chi connectivity index (χ1n) is 4.72. The zero-order valence-electron chi connectivity index (χ0n) is 9.22. The average molecular weight is 194 g/mol. The summed E-state index contributed by atoms with van der Waals surface area (Å²) in [5, 5.41) is 6.36. The van der Waals surface area contributed by atoms with E-state index in [9.17, 15) is 0 Å². The molecule has 0 aliphatic carbocycles. The van der Waals surface area contributed by atoms with E-state index >= 15 is 0 Å². The van der Waals surface area contributed by atoms with Crippen molar-refractivity contribution in [1.29, 1.82) is 0 Å². The van der Waals surface area contributed by atoms with Crippen LogP contribution in [0.1, 0.15) is 17.3 Å². The standard InChI is InChI=1S/C11H18N2O/c1-8-5-6-10(14-4)9(7-8)11(12-2)13-3/h5-7,11-13H,1-4H3. The van der Waals surface area contributed by atoms with E-state index in [0.29, 0.717) is 0 Å². The Morgan fingerprint density at radius 1 is 1.21 bits per heavy atom. The van der Waals surface area contributed by atoms with E-state index in [2.05, 4.69) is 23.6 Å². The van der Waals surface area contributed by atoms with Gasteiger partial charge in [-0.25, -0.2) is 0 Å². The van der Waals surface area contributed by atoms with Crippen molar-refractivity contribution in [2.75, 3.05) is 21.2 Å². The average Bonchev–Trinajstić information content (AvgIpc) is 2.20. The van der Waals surface area contributed by atoms with Gasteiger partial charge in [0.15, 0.2) is 0 Å². The third-order valence-electron chi connectivity index (χ3n) is 2.27. The molecule has 0 atom stereocenters. The van der Waals surface area contributed by atoms with Gasteiger partial charge in [0.1, 0.15) is 5.75 Å². The number of ether oxygens (including phenoxy) is 1. The van der Waals surface area contributed by atoms with Gasteiger partial charge in [-0.3, -0.25) is 0 Å². The molecule has 0 aromatic heterocycles. The lowest BCUT2D eigenvalue weighted by Crippen LogP contribution is -2.29. The van der Waals surface area contributed by atoms with Crippen LogP contribution in [0.25, 0.3) is 0 Å². The number of hydrogen-bond donors (Lipinski definition) is 2. The van der Waals surface area contributed by atoms with Crippen LogP contribution in [0.3, 0.4) is 0 Å². The van der Waals surface area contributed by atoms with Crippen molar-refractivity contribution < 1.29 is 4.74 Å². The summed E-state index contributed by atoms with van der Waals surface area (Å²) in [5.74, 6) is 0.907. The van der Waals surface area contributed by atoms with E-state index in [1.54, 1.807) is 7.11 Å². The quantitative estimate of drug-likeness (QED) is 0.712. The molecule has 1 rings (SSSR count). The molecule has 0 unspecified atom stereocenters. The van der Waals surface area contributed by atoms with E-state index in [1.165, 1.54) is 5.56 Å². The normalized spacial score (nSPS) is 10.6. The Morgan fingerprint density at radius 2 is 1.86 bits per heavy atom. The van der Waals surface area contributed by atoms with Crippen molar-refractivity contribution >= 4 is 0 Å². The maximum Gasteiger partial charge on any atom is 0.124 e. The minimum absolute atomic E-state index is 0.129. The Kier molecular flexibility index (Phi) is 3.92. The number of nitrogens with one attached hydrogen (secondary N) is 2. The van der Waals surface area contributed by atoms with Crippen LogP contribution in [0.2, 0.25) is 0 Å². The molecule has 78 valence electrons. The van der Waals surface area contributed by atoms with Gasteiger partial charge in [-0.05, 0) is 33.2 Å². The largest absolute Gasteiger partial charge is 0.496 e. The van der Waals surface area contributed by atoms with Gasteiger partial charge in [0, 0.05) is 5.56 Å². The third kappa shape index (κ3) is 2.25. The third-order valence-corrected chi connectivity index (χ3v) is 2.27. The van der Waals surface area contributed by atoms with E-state index in [4.69, 9.17) is 4.74 Å².